The van der Waals surface area contributed by atoms with Crippen molar-refractivity contribution in [1.82, 2.24) is 8.68 Å². The molecule has 0 unspecified atom stereocenters. The van der Waals surface area contributed by atoms with Gasteiger partial charge in [-0.15, -0.1) is 0 Å². The van der Waals surface area contributed by atoms with E-state index in [0.29, 0.717) is 31.2 Å². The Labute approximate surface area is 122 Å². The van der Waals surface area contributed by atoms with Crippen molar-refractivity contribution in [1.29, 1.82) is 0 Å². The minimum atomic E-state index is -3.62. The molecule has 0 radical (unpaired) electrons. The molecule has 0 aliphatic carbocycles. The first-order valence-electron chi connectivity index (χ1n) is 6.01. The molecule has 0 bridgehead atoms. The number of aliphatic hydroxyl groups excluding tert-OH is 1. The van der Waals surface area contributed by atoms with Crippen molar-refractivity contribution in [2.75, 3.05) is 51.5 Å². The van der Waals surface area contributed by atoms with Gasteiger partial charge in [0.2, 0.25) is 10.0 Å². The van der Waals surface area contributed by atoms with Crippen molar-refractivity contribution in [3.05, 3.63) is 0 Å². The molecular weight excluding hydrogens is 304 g/mol. The summed E-state index contributed by atoms with van der Waals surface area (Å²) in [5.74, 6) is 0.00253. The van der Waals surface area contributed by atoms with E-state index in [0.717, 1.165) is 15.8 Å². The van der Waals surface area contributed by atoms with Crippen LogP contribution in [0.1, 0.15) is 6.42 Å². The Hall–Kier alpha value is -0.940. The first-order valence-corrected chi connectivity index (χ1v) is 8.22. The van der Waals surface area contributed by atoms with E-state index in [4.69, 9.17) is 15.6 Å². The van der Waals surface area contributed by atoms with Gasteiger partial charge in [-0.3, -0.25) is 0 Å². The van der Waals surface area contributed by atoms with Gasteiger partial charge in [-0.1, -0.05) is 0 Å². The maximum Gasteiger partial charge on any atom is 0.249 e. The molecule has 0 fully saturated rings. The summed E-state index contributed by atoms with van der Waals surface area (Å²) in [5.41, 5.74) is 5.64. The van der Waals surface area contributed by atoms with E-state index in [1.165, 1.54) is 14.1 Å². The Kier molecular flexibility index (Phi) is 6.62. The zero-order chi connectivity index (χ0) is 15.2. The smallest absolute Gasteiger partial charge is 0.249 e. The van der Waals surface area contributed by atoms with E-state index >= 15 is 0 Å². The second-order valence-electron chi connectivity index (χ2n) is 4.13. The van der Waals surface area contributed by atoms with Crippen molar-refractivity contribution in [3.8, 4) is 0 Å². The largest absolute Gasteiger partial charge is 0.394 e. The Morgan fingerprint density at radius 1 is 1.45 bits per heavy atom. The van der Waals surface area contributed by atoms with Gasteiger partial charge in [0.1, 0.15) is 5.00 Å². The summed E-state index contributed by atoms with van der Waals surface area (Å²) in [7, 11) is -0.730. The summed E-state index contributed by atoms with van der Waals surface area (Å²) in [5, 5.41) is 12.0. The molecule has 4 N–H and O–H groups in total. The molecule has 1 aromatic heterocycles. The van der Waals surface area contributed by atoms with E-state index in [9.17, 15) is 8.42 Å². The highest BCUT2D eigenvalue weighted by Gasteiger charge is 2.27. The number of nitrogen functional groups attached to an aromatic ring is 1. The van der Waals surface area contributed by atoms with Crippen LogP contribution in [0, 0.1) is 0 Å². The summed E-state index contributed by atoms with van der Waals surface area (Å²) in [4.78, 5) is 0.0174. The van der Waals surface area contributed by atoms with Crippen LogP contribution in [0.25, 0.3) is 0 Å². The van der Waals surface area contributed by atoms with Crippen LogP contribution in [0.2, 0.25) is 0 Å². The predicted octanol–water partition coefficient (Wildman–Crippen LogP) is -0.213. The van der Waals surface area contributed by atoms with Crippen LogP contribution in [0.3, 0.4) is 0 Å². The molecule has 116 valence electrons. The zero-order valence-electron chi connectivity index (χ0n) is 11.5. The van der Waals surface area contributed by atoms with Crippen LogP contribution in [0.4, 0.5) is 10.8 Å². The highest BCUT2D eigenvalue weighted by Crippen LogP contribution is 2.32. The van der Waals surface area contributed by atoms with Crippen LogP contribution in [0.15, 0.2) is 4.90 Å². The maximum atomic E-state index is 12.1. The number of hydrogen-bond donors (Lipinski definition) is 3. The molecule has 0 saturated heterocycles. The SMILES string of the molecule is CN(C)S(=O)(=O)c1c(N)nsc1NCCCOCCO. The third-order valence-corrected chi connectivity index (χ3v) is 5.24. The van der Waals surface area contributed by atoms with Gasteiger partial charge in [-0.05, 0) is 18.0 Å². The number of hydrogen-bond acceptors (Lipinski definition) is 8. The lowest BCUT2D eigenvalue weighted by molar-refractivity contribution is 0.0922. The molecule has 1 rings (SSSR count). The number of nitrogens with zero attached hydrogens (tertiary/aromatic N) is 2. The average Bonchev–Trinajstić information content (AvgIpc) is 2.75. The molecule has 1 heterocycles. The van der Waals surface area contributed by atoms with Gasteiger partial charge in [-0.2, -0.15) is 4.37 Å². The van der Waals surface area contributed by atoms with Crippen molar-refractivity contribution in [3.63, 3.8) is 0 Å². The normalized spacial score (nSPS) is 12.0. The lowest BCUT2D eigenvalue weighted by Crippen LogP contribution is -2.23. The van der Waals surface area contributed by atoms with E-state index in [-0.39, 0.29) is 17.3 Å². The number of aliphatic hydroxyl groups is 1. The Bertz CT molecular complexity index is 515. The third kappa shape index (κ3) is 4.28. The summed E-state index contributed by atoms with van der Waals surface area (Å²) in [6.07, 6.45) is 0.680. The molecule has 0 aromatic carbocycles. The fourth-order valence-corrected chi connectivity index (χ4v) is 3.48. The fraction of sp³-hybridized carbons (Fsp3) is 0.700. The minimum absolute atomic E-state index is 0.00253. The molecule has 10 heteroatoms. The molecule has 1 aromatic rings. The third-order valence-electron chi connectivity index (χ3n) is 2.40. The highest BCUT2D eigenvalue weighted by atomic mass is 32.2. The van der Waals surface area contributed by atoms with Crippen LogP contribution in [0.5, 0.6) is 0 Å². The van der Waals surface area contributed by atoms with Gasteiger partial charge in [0.05, 0.1) is 13.2 Å². The van der Waals surface area contributed by atoms with Crippen LogP contribution < -0.4 is 11.1 Å². The Morgan fingerprint density at radius 2 is 2.15 bits per heavy atom. The second kappa shape index (κ2) is 7.74. The van der Waals surface area contributed by atoms with E-state index in [2.05, 4.69) is 9.69 Å². The number of anilines is 2. The quantitative estimate of drug-likeness (QED) is 0.538. The lowest BCUT2D eigenvalue weighted by Gasteiger charge is -2.12. The second-order valence-corrected chi connectivity index (χ2v) is 6.99. The standard InChI is InChI=1S/C10H20N4O4S2/c1-14(2)20(16,17)8-9(11)13-19-10(8)12-4-3-6-18-7-5-15/h12,15H,3-7H2,1-2H3,(H2,11,13). The molecule has 0 aliphatic rings. The van der Waals surface area contributed by atoms with Crippen molar-refractivity contribution >= 4 is 32.4 Å². The van der Waals surface area contributed by atoms with Gasteiger partial charge in [-0.25, -0.2) is 12.7 Å². The molecule has 0 spiro atoms. The van der Waals surface area contributed by atoms with Crippen LogP contribution >= 0.6 is 11.5 Å². The van der Waals surface area contributed by atoms with E-state index in [1.807, 2.05) is 0 Å². The molecule has 0 aliphatic heterocycles. The Balaban J connectivity index is 2.64. The number of nitrogens with one attached hydrogen (secondary N) is 1. The van der Waals surface area contributed by atoms with Gasteiger partial charge in [0, 0.05) is 27.2 Å². The first kappa shape index (κ1) is 17.1. The number of ether oxygens (including phenoxy) is 1. The van der Waals surface area contributed by atoms with Gasteiger partial charge >= 0.3 is 0 Å². The van der Waals surface area contributed by atoms with Crippen molar-refractivity contribution in [2.45, 2.75) is 11.3 Å². The Morgan fingerprint density at radius 3 is 2.75 bits per heavy atom. The number of aromatic nitrogens is 1. The van der Waals surface area contributed by atoms with Crippen molar-refractivity contribution in [2.24, 2.45) is 0 Å². The lowest BCUT2D eigenvalue weighted by atomic mass is 10.4. The predicted molar refractivity (Wildman–Crippen MR) is 78.4 cm³/mol. The van der Waals surface area contributed by atoms with Gasteiger partial charge in [0.15, 0.2) is 10.7 Å². The highest BCUT2D eigenvalue weighted by molar-refractivity contribution is 7.89. The summed E-state index contributed by atoms with van der Waals surface area (Å²) in [6, 6.07) is 0. The van der Waals surface area contributed by atoms with Crippen LogP contribution in [-0.2, 0) is 14.8 Å². The molecule has 20 heavy (non-hydrogen) atoms. The average molecular weight is 324 g/mol. The van der Waals surface area contributed by atoms with Crippen molar-refractivity contribution < 1.29 is 18.3 Å². The molecule has 0 amide bonds. The minimum Gasteiger partial charge on any atom is -0.394 e. The number of nitrogens with two attached hydrogens (primary N) is 1. The zero-order valence-corrected chi connectivity index (χ0v) is 13.1. The molecule has 8 nitrogen and oxygen atoms in total. The summed E-state index contributed by atoms with van der Waals surface area (Å²) in [6.45, 7) is 1.30. The maximum absolute atomic E-state index is 12.1. The summed E-state index contributed by atoms with van der Waals surface area (Å²) >= 11 is 1.02. The number of sulfonamides is 1. The fourth-order valence-electron chi connectivity index (χ4n) is 1.38. The summed E-state index contributed by atoms with van der Waals surface area (Å²) < 4.78 is 34.3. The van der Waals surface area contributed by atoms with Gasteiger partial charge in [0.25, 0.3) is 0 Å². The monoisotopic (exact) mass is 324 g/mol. The topological polar surface area (TPSA) is 118 Å². The van der Waals surface area contributed by atoms with E-state index in [1.54, 1.807) is 0 Å². The first-order chi connectivity index (χ1) is 9.41. The molecule has 0 atom stereocenters. The molecule has 0 saturated carbocycles. The van der Waals surface area contributed by atoms with Crippen LogP contribution in [-0.4, -0.2) is 62.7 Å². The molecular formula is C10H20N4O4S2. The number of rotatable bonds is 9. The van der Waals surface area contributed by atoms with Gasteiger partial charge < -0.3 is 20.9 Å². The van der Waals surface area contributed by atoms with E-state index < -0.39 is 10.0 Å².